The second-order valence-corrected chi connectivity index (χ2v) is 6.76. The van der Waals surface area contributed by atoms with Crippen LogP contribution < -0.4 is 10.1 Å². The van der Waals surface area contributed by atoms with Crippen molar-refractivity contribution < 1.29 is 17.9 Å². The first-order chi connectivity index (χ1) is 10.8. The molecule has 0 saturated carbocycles. The van der Waals surface area contributed by atoms with Crippen LogP contribution in [0.1, 0.15) is 31.9 Å². The van der Waals surface area contributed by atoms with Gasteiger partial charge in [0.1, 0.15) is 5.75 Å². The van der Waals surface area contributed by atoms with E-state index in [1.165, 1.54) is 6.07 Å². The van der Waals surface area contributed by atoms with Gasteiger partial charge in [-0.25, -0.2) is 0 Å². The number of hydrogen-bond acceptors (Lipinski definition) is 3. The van der Waals surface area contributed by atoms with E-state index in [1.54, 1.807) is 12.1 Å². The predicted molar refractivity (Wildman–Crippen MR) is 87.5 cm³/mol. The second-order valence-electron chi connectivity index (χ2n) is 5.85. The highest BCUT2D eigenvalue weighted by molar-refractivity contribution is 9.10. The van der Waals surface area contributed by atoms with E-state index in [9.17, 15) is 13.2 Å². The number of piperazine rings is 1. The molecule has 1 saturated heterocycles. The lowest BCUT2D eigenvalue weighted by Gasteiger charge is -2.39. The van der Waals surface area contributed by atoms with Gasteiger partial charge in [-0.3, -0.25) is 4.90 Å². The topological polar surface area (TPSA) is 24.5 Å². The molecule has 2 atom stereocenters. The monoisotopic (exact) mass is 394 g/mol. The summed E-state index contributed by atoms with van der Waals surface area (Å²) in [6.45, 7) is 7.44. The van der Waals surface area contributed by atoms with Crippen molar-refractivity contribution in [2.45, 2.75) is 32.7 Å². The van der Waals surface area contributed by atoms with Crippen molar-refractivity contribution in [2.75, 3.05) is 26.2 Å². The van der Waals surface area contributed by atoms with Crippen LogP contribution >= 0.6 is 15.9 Å². The van der Waals surface area contributed by atoms with E-state index < -0.39 is 6.36 Å². The van der Waals surface area contributed by atoms with Gasteiger partial charge < -0.3 is 10.1 Å². The van der Waals surface area contributed by atoms with Crippen LogP contribution in [-0.4, -0.2) is 37.4 Å². The first kappa shape index (κ1) is 18.5. The SMILES string of the molecule is CCC(C)[C@@H](c1cc(Br)ccc1OC(F)(F)F)N1CCNCC1. The first-order valence-corrected chi connectivity index (χ1v) is 8.61. The number of nitrogens with one attached hydrogen (secondary N) is 1. The fraction of sp³-hybridized carbons (Fsp3) is 0.625. The summed E-state index contributed by atoms with van der Waals surface area (Å²) in [5.74, 6) is 0.113. The number of ether oxygens (including phenoxy) is 1. The third-order valence-electron chi connectivity index (χ3n) is 4.24. The lowest BCUT2D eigenvalue weighted by Crippen LogP contribution is -2.46. The zero-order chi connectivity index (χ0) is 17.0. The lowest BCUT2D eigenvalue weighted by atomic mass is 9.90. The van der Waals surface area contributed by atoms with Crippen molar-refractivity contribution in [2.24, 2.45) is 5.92 Å². The summed E-state index contributed by atoms with van der Waals surface area (Å²) in [5.41, 5.74) is 0.591. The molecule has 0 aliphatic carbocycles. The van der Waals surface area contributed by atoms with Gasteiger partial charge in [-0.2, -0.15) is 0 Å². The molecule has 1 aromatic rings. The van der Waals surface area contributed by atoms with Gasteiger partial charge in [0.2, 0.25) is 0 Å². The van der Waals surface area contributed by atoms with Crippen molar-refractivity contribution in [1.82, 2.24) is 10.2 Å². The minimum Gasteiger partial charge on any atom is -0.405 e. The molecule has 1 aliphatic heterocycles. The Balaban J connectivity index is 2.41. The van der Waals surface area contributed by atoms with Gasteiger partial charge in [0.25, 0.3) is 0 Å². The van der Waals surface area contributed by atoms with Gasteiger partial charge in [-0.15, -0.1) is 13.2 Å². The highest BCUT2D eigenvalue weighted by atomic mass is 79.9. The number of halogens is 4. The molecule has 1 aliphatic rings. The number of rotatable bonds is 5. The molecule has 0 aromatic heterocycles. The van der Waals surface area contributed by atoms with Crippen molar-refractivity contribution in [3.63, 3.8) is 0 Å². The Hall–Kier alpha value is -0.790. The third kappa shape index (κ3) is 5.09. The molecule has 1 unspecified atom stereocenters. The van der Waals surface area contributed by atoms with E-state index in [2.05, 4.69) is 44.7 Å². The van der Waals surface area contributed by atoms with Crippen molar-refractivity contribution >= 4 is 15.9 Å². The van der Waals surface area contributed by atoms with Crippen molar-refractivity contribution in [3.8, 4) is 5.75 Å². The third-order valence-corrected chi connectivity index (χ3v) is 4.74. The maximum absolute atomic E-state index is 12.8. The quantitative estimate of drug-likeness (QED) is 0.803. The van der Waals surface area contributed by atoms with Crippen LogP contribution in [0.15, 0.2) is 22.7 Å². The van der Waals surface area contributed by atoms with Crippen molar-refractivity contribution in [3.05, 3.63) is 28.2 Å². The fourth-order valence-electron chi connectivity index (χ4n) is 3.01. The summed E-state index contributed by atoms with van der Waals surface area (Å²) in [5, 5.41) is 3.28. The van der Waals surface area contributed by atoms with E-state index in [0.717, 1.165) is 37.1 Å². The normalized spacial score (nSPS) is 19.4. The van der Waals surface area contributed by atoms with Crippen LogP contribution in [0.2, 0.25) is 0 Å². The molecule has 130 valence electrons. The highest BCUT2D eigenvalue weighted by Crippen LogP contribution is 2.39. The molecular formula is C16H22BrF3N2O. The zero-order valence-corrected chi connectivity index (χ0v) is 14.9. The molecule has 1 fully saturated rings. The Morgan fingerprint density at radius 1 is 1.30 bits per heavy atom. The van der Waals surface area contributed by atoms with E-state index in [0.29, 0.717) is 5.56 Å². The van der Waals surface area contributed by atoms with Gasteiger partial charge in [-0.05, 0) is 24.1 Å². The summed E-state index contributed by atoms with van der Waals surface area (Å²) in [7, 11) is 0. The number of hydrogen-bond donors (Lipinski definition) is 1. The maximum atomic E-state index is 12.8. The molecule has 7 heteroatoms. The van der Waals surface area contributed by atoms with Gasteiger partial charge in [-0.1, -0.05) is 36.2 Å². The van der Waals surface area contributed by atoms with Crippen LogP contribution in [0.5, 0.6) is 5.75 Å². The van der Waals surface area contributed by atoms with E-state index in [-0.39, 0.29) is 17.7 Å². The minimum absolute atomic E-state index is 0.100. The Morgan fingerprint density at radius 3 is 2.52 bits per heavy atom. The molecule has 0 spiro atoms. The number of nitrogens with zero attached hydrogens (tertiary/aromatic N) is 1. The molecule has 1 aromatic carbocycles. The Morgan fingerprint density at radius 2 is 1.96 bits per heavy atom. The van der Waals surface area contributed by atoms with Crippen LogP contribution in [0.4, 0.5) is 13.2 Å². The van der Waals surface area contributed by atoms with Crippen LogP contribution in [0.3, 0.4) is 0 Å². The lowest BCUT2D eigenvalue weighted by molar-refractivity contribution is -0.275. The average molecular weight is 395 g/mol. The fourth-order valence-corrected chi connectivity index (χ4v) is 3.39. The summed E-state index contributed by atoms with van der Waals surface area (Å²) >= 11 is 3.37. The van der Waals surface area contributed by atoms with E-state index >= 15 is 0 Å². The Labute approximate surface area is 143 Å². The average Bonchev–Trinajstić information content (AvgIpc) is 2.50. The minimum atomic E-state index is -4.69. The largest absolute Gasteiger partial charge is 0.573 e. The smallest absolute Gasteiger partial charge is 0.405 e. The number of benzene rings is 1. The molecule has 0 amide bonds. The highest BCUT2D eigenvalue weighted by Gasteiger charge is 2.35. The van der Waals surface area contributed by atoms with Crippen LogP contribution in [0.25, 0.3) is 0 Å². The summed E-state index contributed by atoms with van der Waals surface area (Å²) < 4.78 is 43.3. The molecule has 3 nitrogen and oxygen atoms in total. The summed E-state index contributed by atoms with van der Waals surface area (Å²) in [6.07, 6.45) is -3.81. The maximum Gasteiger partial charge on any atom is 0.573 e. The molecular weight excluding hydrogens is 373 g/mol. The van der Waals surface area contributed by atoms with E-state index in [1.807, 2.05) is 0 Å². The molecule has 2 rings (SSSR count). The standard InChI is InChI=1S/C16H22BrF3N2O/c1-3-11(2)15(22-8-6-21-7-9-22)13-10-12(17)4-5-14(13)23-16(18,19)20/h4-5,10-11,15,21H,3,6-9H2,1-2H3/t11?,15-/m0/s1. The van der Waals surface area contributed by atoms with Gasteiger partial charge in [0.05, 0.1) is 0 Å². The van der Waals surface area contributed by atoms with E-state index in [4.69, 9.17) is 0 Å². The predicted octanol–water partition coefficient (Wildman–Crippen LogP) is 4.34. The van der Waals surface area contributed by atoms with Crippen LogP contribution in [0, 0.1) is 5.92 Å². The van der Waals surface area contributed by atoms with Crippen molar-refractivity contribution in [1.29, 1.82) is 0 Å². The number of alkyl halides is 3. The molecule has 23 heavy (non-hydrogen) atoms. The van der Waals surface area contributed by atoms with Gasteiger partial charge in [0, 0.05) is 42.3 Å². The van der Waals surface area contributed by atoms with Crippen LogP contribution in [-0.2, 0) is 0 Å². The summed E-state index contributed by atoms with van der Waals surface area (Å²) in [6, 6.07) is 4.62. The first-order valence-electron chi connectivity index (χ1n) is 7.81. The summed E-state index contributed by atoms with van der Waals surface area (Å²) in [4.78, 5) is 2.25. The zero-order valence-electron chi connectivity index (χ0n) is 13.3. The molecule has 1 heterocycles. The molecule has 1 N–H and O–H groups in total. The Bertz CT molecular complexity index is 519. The van der Waals surface area contributed by atoms with Gasteiger partial charge in [0.15, 0.2) is 0 Å². The Kier molecular flexibility index (Phi) is 6.33. The molecule has 0 bridgehead atoms. The second kappa shape index (κ2) is 7.85. The molecule has 0 radical (unpaired) electrons. The van der Waals surface area contributed by atoms with Gasteiger partial charge >= 0.3 is 6.36 Å².